The summed E-state index contributed by atoms with van der Waals surface area (Å²) < 4.78 is 11.4. The van der Waals surface area contributed by atoms with Gasteiger partial charge in [-0.25, -0.2) is 0 Å². The van der Waals surface area contributed by atoms with Crippen molar-refractivity contribution in [1.82, 2.24) is 4.90 Å². The summed E-state index contributed by atoms with van der Waals surface area (Å²) in [6.45, 7) is 8.24. The zero-order chi connectivity index (χ0) is 14.4. The number of benzene rings is 1. The van der Waals surface area contributed by atoms with Crippen molar-refractivity contribution in [2.24, 2.45) is 0 Å². The van der Waals surface area contributed by atoms with E-state index in [2.05, 4.69) is 18.7 Å². The average Bonchev–Trinajstić information content (AvgIpc) is 2.37. The van der Waals surface area contributed by atoms with Crippen molar-refractivity contribution in [2.75, 3.05) is 26.2 Å². The van der Waals surface area contributed by atoms with Crippen molar-refractivity contribution in [2.45, 2.75) is 38.9 Å². The molecular formula is C16H24ClNO2. The van der Waals surface area contributed by atoms with E-state index in [0.29, 0.717) is 12.2 Å². The number of rotatable bonds is 6. The van der Waals surface area contributed by atoms with E-state index in [1.165, 1.54) is 0 Å². The van der Waals surface area contributed by atoms with Gasteiger partial charge in [-0.15, -0.1) is 0 Å². The summed E-state index contributed by atoms with van der Waals surface area (Å²) in [7, 11) is 0. The second-order valence-electron chi connectivity index (χ2n) is 5.53. The van der Waals surface area contributed by atoms with Crippen LogP contribution in [0.1, 0.15) is 26.7 Å². The smallest absolute Gasteiger partial charge is 0.120 e. The minimum Gasteiger partial charge on any atom is -0.494 e. The zero-order valence-corrected chi connectivity index (χ0v) is 13.1. The molecule has 1 aliphatic heterocycles. The maximum absolute atomic E-state index is 5.92. The molecule has 0 unspecified atom stereocenters. The molecular weight excluding hydrogens is 274 g/mol. The van der Waals surface area contributed by atoms with Crippen LogP contribution in [0.5, 0.6) is 5.75 Å². The standard InChI is InChI=1S/C16H24ClNO2/c1-13-11-18(12-14(2)20-13)8-3-4-9-19-16-7-5-6-15(17)10-16/h5-7,10,13-14H,3-4,8-9,11-12H2,1-2H3/t13-,14-/m0/s1. The molecule has 1 aliphatic rings. The Morgan fingerprint density at radius 2 is 2.00 bits per heavy atom. The molecule has 0 aliphatic carbocycles. The van der Waals surface area contributed by atoms with E-state index in [0.717, 1.165) is 49.9 Å². The fraction of sp³-hybridized carbons (Fsp3) is 0.625. The van der Waals surface area contributed by atoms with Crippen molar-refractivity contribution >= 4 is 11.6 Å². The van der Waals surface area contributed by atoms with Gasteiger partial charge in [0, 0.05) is 18.1 Å². The Balaban J connectivity index is 1.59. The molecule has 1 saturated heterocycles. The van der Waals surface area contributed by atoms with E-state index >= 15 is 0 Å². The normalized spacial score (nSPS) is 23.8. The van der Waals surface area contributed by atoms with E-state index in [1.54, 1.807) is 0 Å². The summed E-state index contributed by atoms with van der Waals surface area (Å²) in [4.78, 5) is 2.48. The summed E-state index contributed by atoms with van der Waals surface area (Å²) >= 11 is 5.92. The Labute approximate surface area is 126 Å². The van der Waals surface area contributed by atoms with Crippen LogP contribution in [0.3, 0.4) is 0 Å². The third-order valence-electron chi connectivity index (χ3n) is 3.43. The van der Waals surface area contributed by atoms with Crippen LogP contribution in [0, 0.1) is 0 Å². The summed E-state index contributed by atoms with van der Waals surface area (Å²) in [5, 5.41) is 0.721. The lowest BCUT2D eigenvalue weighted by Crippen LogP contribution is -2.45. The van der Waals surface area contributed by atoms with Gasteiger partial charge in [0.25, 0.3) is 0 Å². The SMILES string of the molecule is C[C@H]1CN(CCCCOc2cccc(Cl)c2)C[C@H](C)O1. The van der Waals surface area contributed by atoms with E-state index in [-0.39, 0.29) is 0 Å². The molecule has 1 fully saturated rings. The van der Waals surface area contributed by atoms with Crippen LogP contribution >= 0.6 is 11.6 Å². The Kier molecular flexibility index (Phi) is 6.14. The van der Waals surface area contributed by atoms with Gasteiger partial charge in [-0.2, -0.15) is 0 Å². The summed E-state index contributed by atoms with van der Waals surface area (Å²) in [6, 6.07) is 7.56. The average molecular weight is 298 g/mol. The molecule has 0 N–H and O–H groups in total. The van der Waals surface area contributed by atoms with Crippen molar-refractivity contribution in [1.29, 1.82) is 0 Å². The third kappa shape index (κ3) is 5.31. The largest absolute Gasteiger partial charge is 0.494 e. The predicted molar refractivity (Wildman–Crippen MR) is 82.6 cm³/mol. The quantitative estimate of drug-likeness (QED) is 0.749. The number of hydrogen-bond acceptors (Lipinski definition) is 3. The Morgan fingerprint density at radius 3 is 2.70 bits per heavy atom. The topological polar surface area (TPSA) is 21.7 Å². The molecule has 0 saturated carbocycles. The number of ether oxygens (including phenoxy) is 2. The highest BCUT2D eigenvalue weighted by atomic mass is 35.5. The van der Waals surface area contributed by atoms with E-state index in [9.17, 15) is 0 Å². The Bertz CT molecular complexity index is 403. The lowest BCUT2D eigenvalue weighted by Gasteiger charge is -2.35. The number of nitrogens with zero attached hydrogens (tertiary/aromatic N) is 1. The van der Waals surface area contributed by atoms with Crippen LogP contribution in [-0.4, -0.2) is 43.3 Å². The molecule has 0 spiro atoms. The number of morpholine rings is 1. The monoisotopic (exact) mass is 297 g/mol. The zero-order valence-electron chi connectivity index (χ0n) is 12.3. The van der Waals surface area contributed by atoms with Crippen LogP contribution in [0.25, 0.3) is 0 Å². The highest BCUT2D eigenvalue weighted by molar-refractivity contribution is 6.30. The molecule has 0 bridgehead atoms. The molecule has 1 aromatic rings. The Morgan fingerprint density at radius 1 is 1.25 bits per heavy atom. The van der Waals surface area contributed by atoms with E-state index in [4.69, 9.17) is 21.1 Å². The van der Waals surface area contributed by atoms with Gasteiger partial charge in [0.05, 0.1) is 18.8 Å². The summed E-state index contributed by atoms with van der Waals surface area (Å²) in [5.41, 5.74) is 0. The maximum Gasteiger partial charge on any atom is 0.120 e. The second kappa shape index (κ2) is 7.87. The second-order valence-corrected chi connectivity index (χ2v) is 5.97. The minimum absolute atomic E-state index is 0.349. The first-order valence-corrected chi connectivity index (χ1v) is 7.77. The first kappa shape index (κ1) is 15.6. The molecule has 1 heterocycles. The fourth-order valence-corrected chi connectivity index (χ4v) is 2.83. The molecule has 4 heteroatoms. The van der Waals surface area contributed by atoms with Crippen LogP contribution in [-0.2, 0) is 4.74 Å². The van der Waals surface area contributed by atoms with Crippen molar-refractivity contribution in [3.63, 3.8) is 0 Å². The number of hydrogen-bond donors (Lipinski definition) is 0. The van der Waals surface area contributed by atoms with Crippen molar-refractivity contribution in [3.05, 3.63) is 29.3 Å². The Hall–Kier alpha value is -0.770. The molecule has 1 aromatic carbocycles. The van der Waals surface area contributed by atoms with Gasteiger partial charge < -0.3 is 9.47 Å². The third-order valence-corrected chi connectivity index (χ3v) is 3.66. The highest BCUT2D eigenvalue weighted by Crippen LogP contribution is 2.17. The summed E-state index contributed by atoms with van der Waals surface area (Å²) in [5.74, 6) is 0.853. The summed E-state index contributed by atoms with van der Waals surface area (Å²) in [6.07, 6.45) is 2.91. The van der Waals surface area contributed by atoms with Gasteiger partial charge in [0.2, 0.25) is 0 Å². The molecule has 112 valence electrons. The van der Waals surface area contributed by atoms with Gasteiger partial charge in [-0.05, 0) is 51.4 Å². The first-order chi connectivity index (χ1) is 9.63. The molecule has 0 amide bonds. The van der Waals surface area contributed by atoms with Crippen molar-refractivity contribution < 1.29 is 9.47 Å². The van der Waals surface area contributed by atoms with E-state index < -0.39 is 0 Å². The van der Waals surface area contributed by atoms with Crippen LogP contribution in [0.15, 0.2) is 24.3 Å². The maximum atomic E-state index is 5.92. The van der Waals surface area contributed by atoms with Crippen molar-refractivity contribution in [3.8, 4) is 5.75 Å². The molecule has 0 radical (unpaired) electrons. The number of halogens is 1. The molecule has 2 atom stereocenters. The fourth-order valence-electron chi connectivity index (χ4n) is 2.65. The van der Waals surface area contributed by atoms with E-state index in [1.807, 2.05) is 24.3 Å². The molecule has 3 nitrogen and oxygen atoms in total. The molecule has 2 rings (SSSR count). The lowest BCUT2D eigenvalue weighted by molar-refractivity contribution is -0.0682. The minimum atomic E-state index is 0.349. The molecule has 0 aromatic heterocycles. The predicted octanol–water partition coefficient (Wildman–Crippen LogP) is 3.61. The van der Waals surface area contributed by atoms with Gasteiger partial charge in [0.1, 0.15) is 5.75 Å². The van der Waals surface area contributed by atoms with Gasteiger partial charge in [-0.3, -0.25) is 4.90 Å². The van der Waals surface area contributed by atoms with Crippen LogP contribution in [0.4, 0.5) is 0 Å². The highest BCUT2D eigenvalue weighted by Gasteiger charge is 2.21. The van der Waals surface area contributed by atoms with Gasteiger partial charge in [0.15, 0.2) is 0 Å². The number of unbranched alkanes of at least 4 members (excludes halogenated alkanes) is 1. The van der Waals surface area contributed by atoms with Crippen LogP contribution < -0.4 is 4.74 Å². The molecule has 20 heavy (non-hydrogen) atoms. The lowest BCUT2D eigenvalue weighted by atomic mass is 10.2. The van der Waals surface area contributed by atoms with Crippen LogP contribution in [0.2, 0.25) is 5.02 Å². The first-order valence-electron chi connectivity index (χ1n) is 7.39. The van der Waals surface area contributed by atoms with Gasteiger partial charge in [-0.1, -0.05) is 17.7 Å². The van der Waals surface area contributed by atoms with Gasteiger partial charge >= 0.3 is 0 Å².